The third-order valence-electron chi connectivity index (χ3n) is 3.26. The first-order chi connectivity index (χ1) is 7.43. The summed E-state index contributed by atoms with van der Waals surface area (Å²) in [5, 5.41) is 7.09. The summed E-state index contributed by atoms with van der Waals surface area (Å²) in [6, 6.07) is 0.745. The summed E-state index contributed by atoms with van der Waals surface area (Å²) >= 11 is 0. The van der Waals surface area contributed by atoms with E-state index in [1.165, 1.54) is 71.0 Å². The highest BCUT2D eigenvalue weighted by molar-refractivity contribution is 4.74. The summed E-state index contributed by atoms with van der Waals surface area (Å²) in [6.07, 6.45) is 11.1. The predicted molar refractivity (Wildman–Crippen MR) is 67.3 cm³/mol. The number of hydrogen-bond donors (Lipinski definition) is 2. The summed E-state index contributed by atoms with van der Waals surface area (Å²) < 4.78 is 0. The van der Waals surface area contributed by atoms with Crippen LogP contribution in [0.5, 0.6) is 0 Å². The Morgan fingerprint density at radius 2 is 1.93 bits per heavy atom. The molecule has 0 aliphatic carbocycles. The molecule has 90 valence electrons. The lowest BCUT2D eigenvalue weighted by Crippen LogP contribution is -2.43. The Bertz CT molecular complexity index is 130. The van der Waals surface area contributed by atoms with Crippen molar-refractivity contribution in [2.75, 3.05) is 19.6 Å². The van der Waals surface area contributed by atoms with Gasteiger partial charge in [-0.2, -0.15) is 0 Å². The normalized spacial score (nSPS) is 21.8. The van der Waals surface area contributed by atoms with Crippen molar-refractivity contribution in [1.82, 2.24) is 10.6 Å². The van der Waals surface area contributed by atoms with Crippen LogP contribution in [0.1, 0.15) is 58.3 Å². The van der Waals surface area contributed by atoms with Gasteiger partial charge in [0.15, 0.2) is 0 Å². The fourth-order valence-electron chi connectivity index (χ4n) is 2.24. The van der Waals surface area contributed by atoms with Gasteiger partial charge in [-0.05, 0) is 32.4 Å². The van der Waals surface area contributed by atoms with Crippen LogP contribution in [0.4, 0.5) is 0 Å². The molecule has 0 saturated carbocycles. The lowest BCUT2D eigenvalue weighted by atomic mass is 10.1. The van der Waals surface area contributed by atoms with Crippen LogP contribution in [0.2, 0.25) is 0 Å². The standard InChI is InChI=1S/C13H28N2/c1-2-3-4-5-6-7-11-15-13-9-8-10-14-12-13/h13-15H,2-12H2,1H3. The van der Waals surface area contributed by atoms with Crippen LogP contribution in [0, 0.1) is 0 Å². The number of unbranched alkanes of at least 4 members (excludes halogenated alkanes) is 5. The zero-order chi connectivity index (χ0) is 10.8. The molecule has 0 bridgehead atoms. The molecule has 0 aromatic carbocycles. The van der Waals surface area contributed by atoms with Gasteiger partial charge in [0, 0.05) is 12.6 Å². The lowest BCUT2D eigenvalue weighted by Gasteiger charge is -2.23. The molecule has 0 amide bonds. The number of hydrogen-bond acceptors (Lipinski definition) is 2. The lowest BCUT2D eigenvalue weighted by molar-refractivity contribution is 0.385. The van der Waals surface area contributed by atoms with Crippen molar-refractivity contribution in [3.8, 4) is 0 Å². The van der Waals surface area contributed by atoms with E-state index in [1.807, 2.05) is 0 Å². The van der Waals surface area contributed by atoms with Crippen LogP contribution in [0.15, 0.2) is 0 Å². The van der Waals surface area contributed by atoms with E-state index in [0.29, 0.717) is 0 Å². The van der Waals surface area contributed by atoms with E-state index in [2.05, 4.69) is 17.6 Å². The Morgan fingerprint density at radius 1 is 1.13 bits per heavy atom. The highest BCUT2D eigenvalue weighted by Gasteiger charge is 2.10. The highest BCUT2D eigenvalue weighted by atomic mass is 15.0. The number of rotatable bonds is 8. The van der Waals surface area contributed by atoms with Gasteiger partial charge in [0.1, 0.15) is 0 Å². The van der Waals surface area contributed by atoms with Crippen molar-refractivity contribution in [2.45, 2.75) is 64.3 Å². The number of piperidine rings is 1. The van der Waals surface area contributed by atoms with Crippen molar-refractivity contribution >= 4 is 0 Å². The van der Waals surface area contributed by atoms with Gasteiger partial charge in [-0.25, -0.2) is 0 Å². The second-order valence-electron chi connectivity index (χ2n) is 4.77. The molecule has 1 rings (SSSR count). The van der Waals surface area contributed by atoms with Crippen LogP contribution in [-0.2, 0) is 0 Å². The van der Waals surface area contributed by atoms with Crippen molar-refractivity contribution < 1.29 is 0 Å². The molecule has 2 heteroatoms. The Morgan fingerprint density at radius 3 is 2.67 bits per heavy atom. The van der Waals surface area contributed by atoms with Gasteiger partial charge in [0.05, 0.1) is 0 Å². The third kappa shape index (κ3) is 6.91. The quantitative estimate of drug-likeness (QED) is 0.605. The van der Waals surface area contributed by atoms with Gasteiger partial charge in [-0.3, -0.25) is 0 Å². The Labute approximate surface area is 95.2 Å². The SMILES string of the molecule is CCCCCCCCNC1CCCNC1. The molecule has 0 aromatic heterocycles. The summed E-state index contributed by atoms with van der Waals surface area (Å²) in [6.45, 7) is 5.89. The molecular weight excluding hydrogens is 184 g/mol. The molecule has 1 saturated heterocycles. The maximum atomic E-state index is 3.65. The van der Waals surface area contributed by atoms with E-state index < -0.39 is 0 Å². The van der Waals surface area contributed by atoms with Crippen LogP contribution in [-0.4, -0.2) is 25.7 Å². The second kappa shape index (κ2) is 9.17. The molecule has 1 atom stereocenters. The molecule has 0 radical (unpaired) electrons. The average molecular weight is 212 g/mol. The van der Waals surface area contributed by atoms with Crippen molar-refractivity contribution in [2.24, 2.45) is 0 Å². The van der Waals surface area contributed by atoms with Gasteiger partial charge < -0.3 is 10.6 Å². The molecule has 1 fully saturated rings. The van der Waals surface area contributed by atoms with Gasteiger partial charge in [0.2, 0.25) is 0 Å². The van der Waals surface area contributed by atoms with E-state index in [9.17, 15) is 0 Å². The first kappa shape index (κ1) is 13.0. The van der Waals surface area contributed by atoms with Gasteiger partial charge in [0.25, 0.3) is 0 Å². The van der Waals surface area contributed by atoms with E-state index >= 15 is 0 Å². The molecule has 1 aliphatic heterocycles. The minimum atomic E-state index is 0.745. The fourth-order valence-corrected chi connectivity index (χ4v) is 2.24. The topological polar surface area (TPSA) is 24.1 Å². The Kier molecular flexibility index (Phi) is 7.94. The molecule has 15 heavy (non-hydrogen) atoms. The minimum Gasteiger partial charge on any atom is -0.315 e. The van der Waals surface area contributed by atoms with Crippen molar-refractivity contribution in [3.63, 3.8) is 0 Å². The maximum absolute atomic E-state index is 3.65. The predicted octanol–water partition coefficient (Wildman–Crippen LogP) is 2.69. The second-order valence-corrected chi connectivity index (χ2v) is 4.77. The molecule has 1 aliphatic rings. The average Bonchev–Trinajstić information content (AvgIpc) is 2.29. The van der Waals surface area contributed by atoms with Crippen molar-refractivity contribution in [1.29, 1.82) is 0 Å². The molecule has 2 N–H and O–H groups in total. The van der Waals surface area contributed by atoms with Crippen molar-refractivity contribution in [3.05, 3.63) is 0 Å². The summed E-state index contributed by atoms with van der Waals surface area (Å²) in [4.78, 5) is 0. The largest absolute Gasteiger partial charge is 0.315 e. The summed E-state index contributed by atoms with van der Waals surface area (Å²) in [7, 11) is 0. The van der Waals surface area contributed by atoms with Crippen LogP contribution in [0.3, 0.4) is 0 Å². The molecule has 1 unspecified atom stereocenters. The van der Waals surface area contributed by atoms with Gasteiger partial charge in [-0.1, -0.05) is 39.0 Å². The van der Waals surface area contributed by atoms with E-state index in [-0.39, 0.29) is 0 Å². The summed E-state index contributed by atoms with van der Waals surface area (Å²) in [5.74, 6) is 0. The monoisotopic (exact) mass is 212 g/mol. The molecule has 0 aromatic rings. The zero-order valence-electron chi connectivity index (χ0n) is 10.4. The Balaban J connectivity index is 1.79. The van der Waals surface area contributed by atoms with E-state index in [4.69, 9.17) is 0 Å². The molecule has 0 spiro atoms. The van der Waals surface area contributed by atoms with Crippen LogP contribution >= 0.6 is 0 Å². The van der Waals surface area contributed by atoms with Gasteiger partial charge >= 0.3 is 0 Å². The maximum Gasteiger partial charge on any atom is 0.0192 e. The van der Waals surface area contributed by atoms with E-state index in [0.717, 1.165) is 6.04 Å². The highest BCUT2D eigenvalue weighted by Crippen LogP contribution is 2.05. The first-order valence-electron chi connectivity index (χ1n) is 6.87. The van der Waals surface area contributed by atoms with Gasteiger partial charge in [-0.15, -0.1) is 0 Å². The molecule has 1 heterocycles. The molecular formula is C13H28N2. The minimum absolute atomic E-state index is 0.745. The number of nitrogens with one attached hydrogen (secondary N) is 2. The summed E-state index contributed by atoms with van der Waals surface area (Å²) in [5.41, 5.74) is 0. The fraction of sp³-hybridized carbons (Fsp3) is 1.00. The first-order valence-corrected chi connectivity index (χ1v) is 6.87. The van der Waals surface area contributed by atoms with Crippen LogP contribution in [0.25, 0.3) is 0 Å². The smallest absolute Gasteiger partial charge is 0.0192 e. The zero-order valence-corrected chi connectivity index (χ0v) is 10.4. The van der Waals surface area contributed by atoms with Crippen LogP contribution < -0.4 is 10.6 Å². The molecule has 2 nitrogen and oxygen atoms in total. The third-order valence-corrected chi connectivity index (χ3v) is 3.26. The van der Waals surface area contributed by atoms with E-state index in [1.54, 1.807) is 0 Å². The Hall–Kier alpha value is -0.0800.